The molecule has 0 amide bonds. The second kappa shape index (κ2) is 17.5. The Morgan fingerprint density at radius 3 is 1.92 bits per heavy atom. The minimum absolute atomic E-state index is 0. The van der Waals surface area contributed by atoms with E-state index >= 15 is 0 Å². The molecular formula is C49H50IrNO2-. The number of benzene rings is 5. The van der Waals surface area contributed by atoms with Crippen LogP contribution in [-0.4, -0.2) is 15.9 Å². The van der Waals surface area contributed by atoms with Gasteiger partial charge in [-0.15, -0.1) is 29.3 Å². The molecule has 5 aromatic carbocycles. The molecule has 7 rings (SSSR count). The number of hydrogen-bond donors (Lipinski definition) is 1. The van der Waals surface area contributed by atoms with Gasteiger partial charge in [0.05, 0.1) is 11.3 Å². The van der Waals surface area contributed by atoms with E-state index < -0.39 is 0 Å². The van der Waals surface area contributed by atoms with Crippen LogP contribution in [0.25, 0.3) is 55.5 Å². The van der Waals surface area contributed by atoms with Gasteiger partial charge in [-0.1, -0.05) is 150 Å². The molecule has 1 radical (unpaired) electrons. The van der Waals surface area contributed by atoms with Crippen molar-refractivity contribution in [3.8, 4) is 44.6 Å². The Morgan fingerprint density at radius 1 is 0.679 bits per heavy atom. The van der Waals surface area contributed by atoms with E-state index in [1.807, 2.05) is 27.7 Å². The summed E-state index contributed by atoms with van der Waals surface area (Å²) >= 11 is 0. The van der Waals surface area contributed by atoms with Gasteiger partial charge in [0.1, 0.15) is 0 Å². The van der Waals surface area contributed by atoms with Gasteiger partial charge >= 0.3 is 0 Å². The van der Waals surface area contributed by atoms with Crippen molar-refractivity contribution < 1.29 is 30.0 Å². The van der Waals surface area contributed by atoms with Crippen LogP contribution in [0.5, 0.6) is 0 Å². The average molecular weight is 877 g/mol. The summed E-state index contributed by atoms with van der Waals surface area (Å²) in [7, 11) is 0. The topological polar surface area (TPSA) is 50.2 Å². The third-order valence-corrected chi connectivity index (χ3v) is 10.9. The molecule has 0 spiro atoms. The zero-order valence-corrected chi connectivity index (χ0v) is 34.1. The molecule has 1 aliphatic carbocycles. The maximum absolute atomic E-state index is 11.7. The molecule has 0 saturated carbocycles. The molecule has 4 heteroatoms. The number of carbonyl (C=O) groups excluding carboxylic acids is 1. The maximum atomic E-state index is 11.7. The van der Waals surface area contributed by atoms with Crippen molar-refractivity contribution in [1.82, 2.24) is 4.98 Å². The van der Waals surface area contributed by atoms with E-state index in [2.05, 4.69) is 141 Å². The summed E-state index contributed by atoms with van der Waals surface area (Å²) in [5, 5.41) is 10.9. The zero-order chi connectivity index (χ0) is 36.8. The van der Waals surface area contributed by atoms with Crippen LogP contribution in [0.2, 0.25) is 0 Å². The molecule has 0 unspecified atom stereocenters. The number of allylic oxidation sites excluding steroid dienone is 2. The van der Waals surface area contributed by atoms with Crippen molar-refractivity contribution in [3.05, 3.63) is 150 Å². The van der Waals surface area contributed by atoms with Gasteiger partial charge in [-0.05, 0) is 76.7 Å². The standard InChI is InChI=1S/C36H26N.C13H24O2.Ir/c1-36(2)32-16-10-9-15-28(32)29-19-17-27(22-33(29)36)35-23-30(25-13-7-4-8-14-25)31-21-26(18-20-34(31)37-35)24-11-5-3-6-12-24;1-5-10(6-2)12(14)9-13(15)11(7-3)8-4;/h3-16,18-23H,1-2H3;9-11,14H,5-8H2,1-4H3;/q-1;;/b;12-9-;. The van der Waals surface area contributed by atoms with Gasteiger partial charge in [-0.2, -0.15) is 0 Å². The fraction of sp³-hybridized carbons (Fsp3) is 0.265. The number of fused-ring (bicyclic) bond motifs is 4. The number of hydrogen-bond acceptors (Lipinski definition) is 3. The summed E-state index contributed by atoms with van der Waals surface area (Å²) in [6.07, 6.45) is 4.91. The molecule has 3 nitrogen and oxygen atoms in total. The smallest absolute Gasteiger partial charge is 0.162 e. The Morgan fingerprint density at radius 2 is 1.28 bits per heavy atom. The zero-order valence-electron chi connectivity index (χ0n) is 31.7. The molecule has 53 heavy (non-hydrogen) atoms. The van der Waals surface area contributed by atoms with Gasteiger partial charge in [-0.25, -0.2) is 0 Å². The molecule has 0 aliphatic heterocycles. The monoisotopic (exact) mass is 877 g/mol. The van der Waals surface area contributed by atoms with E-state index in [1.165, 1.54) is 50.6 Å². The van der Waals surface area contributed by atoms with Crippen LogP contribution >= 0.6 is 0 Å². The third kappa shape index (κ3) is 8.30. The number of ketones is 1. The molecule has 1 aliphatic rings. The predicted octanol–water partition coefficient (Wildman–Crippen LogP) is 13.2. The van der Waals surface area contributed by atoms with E-state index in [0.717, 1.165) is 47.8 Å². The quantitative estimate of drug-likeness (QED) is 0.0847. The fourth-order valence-corrected chi connectivity index (χ4v) is 7.60. The second-order valence-corrected chi connectivity index (χ2v) is 14.4. The molecule has 273 valence electrons. The third-order valence-electron chi connectivity index (χ3n) is 10.9. The fourth-order valence-electron chi connectivity index (χ4n) is 7.60. The van der Waals surface area contributed by atoms with Crippen molar-refractivity contribution in [3.63, 3.8) is 0 Å². The number of aliphatic hydroxyl groups is 1. The van der Waals surface area contributed by atoms with Crippen LogP contribution in [0, 0.1) is 17.9 Å². The Bertz CT molecular complexity index is 2200. The van der Waals surface area contributed by atoms with E-state index in [1.54, 1.807) is 0 Å². The van der Waals surface area contributed by atoms with Crippen molar-refractivity contribution in [2.75, 3.05) is 0 Å². The van der Waals surface area contributed by atoms with Crippen LogP contribution in [-0.2, 0) is 30.3 Å². The average Bonchev–Trinajstić information content (AvgIpc) is 3.41. The van der Waals surface area contributed by atoms with Crippen LogP contribution in [0.3, 0.4) is 0 Å². The summed E-state index contributed by atoms with van der Waals surface area (Å²) in [6, 6.07) is 46.8. The Hall–Kier alpha value is -4.63. The van der Waals surface area contributed by atoms with E-state index in [-0.39, 0.29) is 48.9 Å². The number of pyridine rings is 1. The molecule has 0 fully saturated rings. The first kappa shape index (κ1) is 39.6. The minimum atomic E-state index is -0.0561. The molecule has 1 heterocycles. The summed E-state index contributed by atoms with van der Waals surface area (Å²) < 4.78 is 0. The number of aromatic nitrogens is 1. The number of nitrogens with zero attached hydrogens (tertiary/aromatic N) is 1. The summed E-state index contributed by atoms with van der Waals surface area (Å²) in [4.78, 5) is 16.9. The first-order valence-electron chi connectivity index (χ1n) is 18.9. The summed E-state index contributed by atoms with van der Waals surface area (Å²) in [5.74, 6) is 0.547. The SMILES string of the molecule is CC1(C)c2ccccc2-c2c[c-]c(-c3cc(-c4ccccc4)c4cc(-c5ccccc5)ccc4n3)cc21.CCC(CC)C(=O)/C=C(\O)C(CC)CC.[Ir]. The van der Waals surface area contributed by atoms with Gasteiger partial charge < -0.3 is 5.11 Å². The van der Waals surface area contributed by atoms with Gasteiger partial charge in [0.25, 0.3) is 0 Å². The molecule has 1 N–H and O–H groups in total. The Labute approximate surface area is 329 Å². The second-order valence-electron chi connectivity index (χ2n) is 14.4. The number of carbonyl (C=O) groups is 1. The normalized spacial score (nSPS) is 12.9. The van der Waals surface area contributed by atoms with Crippen LogP contribution in [0.1, 0.15) is 78.4 Å². The molecule has 6 aromatic rings. The molecular weight excluding hydrogens is 827 g/mol. The summed E-state index contributed by atoms with van der Waals surface area (Å²) in [6.45, 7) is 12.7. The molecule has 1 aromatic heterocycles. The first-order valence-corrected chi connectivity index (χ1v) is 18.9. The molecule has 0 atom stereocenters. The van der Waals surface area contributed by atoms with Gasteiger partial charge in [-0.3, -0.25) is 9.78 Å². The minimum Gasteiger partial charge on any atom is -0.512 e. The van der Waals surface area contributed by atoms with E-state index in [9.17, 15) is 9.90 Å². The van der Waals surface area contributed by atoms with Gasteiger partial charge in [0.15, 0.2) is 5.78 Å². The van der Waals surface area contributed by atoms with Gasteiger partial charge in [0.2, 0.25) is 0 Å². The van der Waals surface area contributed by atoms with Crippen molar-refractivity contribution in [2.24, 2.45) is 11.8 Å². The number of aliphatic hydroxyl groups excluding tert-OH is 1. The number of rotatable bonds is 10. The Kier molecular flexibility index (Phi) is 13.0. The Balaban J connectivity index is 0.000000290. The molecule has 0 bridgehead atoms. The van der Waals surface area contributed by atoms with E-state index in [0.29, 0.717) is 0 Å². The maximum Gasteiger partial charge on any atom is 0.162 e. The van der Waals surface area contributed by atoms with E-state index in [4.69, 9.17) is 4.98 Å². The largest absolute Gasteiger partial charge is 0.512 e. The molecule has 0 saturated heterocycles. The van der Waals surface area contributed by atoms with Crippen molar-refractivity contribution >= 4 is 16.7 Å². The van der Waals surface area contributed by atoms with Crippen LogP contribution < -0.4 is 0 Å². The predicted molar refractivity (Wildman–Crippen MR) is 218 cm³/mol. The van der Waals surface area contributed by atoms with Crippen LogP contribution in [0.15, 0.2) is 133 Å². The summed E-state index contributed by atoms with van der Waals surface area (Å²) in [5.41, 5.74) is 13.0. The van der Waals surface area contributed by atoms with Crippen LogP contribution in [0.4, 0.5) is 0 Å². The first-order chi connectivity index (χ1) is 25.2. The van der Waals surface area contributed by atoms with Gasteiger partial charge in [0, 0.05) is 43.4 Å². The van der Waals surface area contributed by atoms with Crippen molar-refractivity contribution in [2.45, 2.75) is 72.6 Å². The van der Waals surface area contributed by atoms with Crippen molar-refractivity contribution in [1.29, 1.82) is 0 Å².